The molecule has 0 saturated heterocycles. The number of benzene rings is 1. The molecule has 0 saturated carbocycles. The standard InChI is InChI=1S/C14H16Br2N2S/c1-18(8-11-6-10(15)9-19-11)14(7-17)12-4-2-3-5-13(12)16/h2-6,9,14H,7-8,17H2,1H3. The third-order valence-corrected chi connectivity index (χ3v) is 5.45. The summed E-state index contributed by atoms with van der Waals surface area (Å²) in [6.07, 6.45) is 0. The second kappa shape index (κ2) is 6.99. The van der Waals surface area contributed by atoms with Crippen molar-refractivity contribution in [3.05, 3.63) is 55.1 Å². The largest absolute Gasteiger partial charge is 0.329 e. The summed E-state index contributed by atoms with van der Waals surface area (Å²) in [5.41, 5.74) is 7.20. The molecule has 0 aliphatic carbocycles. The maximum atomic E-state index is 5.97. The minimum absolute atomic E-state index is 0.219. The van der Waals surface area contributed by atoms with Gasteiger partial charge >= 0.3 is 0 Å². The van der Waals surface area contributed by atoms with Crippen LogP contribution in [0.15, 0.2) is 44.7 Å². The molecular formula is C14H16Br2N2S. The number of hydrogen-bond donors (Lipinski definition) is 1. The minimum Gasteiger partial charge on any atom is -0.329 e. The zero-order chi connectivity index (χ0) is 13.8. The highest BCUT2D eigenvalue weighted by Gasteiger charge is 2.18. The average molecular weight is 404 g/mol. The number of halogens is 2. The smallest absolute Gasteiger partial charge is 0.0482 e. The molecule has 1 atom stereocenters. The molecule has 0 amide bonds. The van der Waals surface area contributed by atoms with Gasteiger partial charge in [-0.25, -0.2) is 0 Å². The molecule has 0 spiro atoms. The first kappa shape index (κ1) is 15.2. The molecule has 5 heteroatoms. The molecule has 0 radical (unpaired) electrons. The Kier molecular flexibility index (Phi) is 5.59. The van der Waals surface area contributed by atoms with Crippen LogP contribution in [-0.4, -0.2) is 18.5 Å². The maximum Gasteiger partial charge on any atom is 0.0482 e. The third kappa shape index (κ3) is 3.89. The lowest BCUT2D eigenvalue weighted by Crippen LogP contribution is -2.30. The Labute approximate surface area is 134 Å². The molecule has 19 heavy (non-hydrogen) atoms. The zero-order valence-electron chi connectivity index (χ0n) is 10.6. The summed E-state index contributed by atoms with van der Waals surface area (Å²) in [4.78, 5) is 3.62. The Bertz CT molecular complexity index is 542. The molecule has 2 aromatic rings. The van der Waals surface area contributed by atoms with Gasteiger partial charge in [0.2, 0.25) is 0 Å². The van der Waals surface area contributed by atoms with Gasteiger partial charge < -0.3 is 5.73 Å². The van der Waals surface area contributed by atoms with Crippen molar-refractivity contribution in [2.24, 2.45) is 5.73 Å². The third-order valence-electron chi connectivity index (χ3n) is 3.05. The summed E-state index contributed by atoms with van der Waals surface area (Å²) in [6, 6.07) is 10.7. The van der Waals surface area contributed by atoms with Crippen LogP contribution in [0, 0.1) is 0 Å². The van der Waals surface area contributed by atoms with Gasteiger partial charge in [0.1, 0.15) is 0 Å². The molecule has 2 rings (SSSR count). The Hall–Kier alpha value is -0.200. The van der Waals surface area contributed by atoms with Crippen LogP contribution < -0.4 is 5.73 Å². The van der Waals surface area contributed by atoms with E-state index in [4.69, 9.17) is 5.73 Å². The van der Waals surface area contributed by atoms with Crippen LogP contribution in [0.5, 0.6) is 0 Å². The summed E-state index contributed by atoms with van der Waals surface area (Å²) >= 11 is 8.86. The number of rotatable bonds is 5. The normalized spacial score (nSPS) is 12.9. The molecule has 0 aliphatic heterocycles. The van der Waals surface area contributed by atoms with Crippen LogP contribution in [0.25, 0.3) is 0 Å². The monoisotopic (exact) mass is 402 g/mol. The van der Waals surface area contributed by atoms with Gasteiger partial charge in [-0.3, -0.25) is 4.90 Å². The highest BCUT2D eigenvalue weighted by atomic mass is 79.9. The Morgan fingerprint density at radius 1 is 1.32 bits per heavy atom. The summed E-state index contributed by atoms with van der Waals surface area (Å²) in [6.45, 7) is 1.51. The second-order valence-electron chi connectivity index (χ2n) is 4.42. The van der Waals surface area contributed by atoms with Crippen LogP contribution in [0.3, 0.4) is 0 Å². The highest BCUT2D eigenvalue weighted by Crippen LogP contribution is 2.29. The average Bonchev–Trinajstić information content (AvgIpc) is 2.78. The lowest BCUT2D eigenvalue weighted by atomic mass is 10.1. The van der Waals surface area contributed by atoms with E-state index in [1.54, 1.807) is 11.3 Å². The molecule has 2 N–H and O–H groups in total. The van der Waals surface area contributed by atoms with Crippen molar-refractivity contribution in [2.75, 3.05) is 13.6 Å². The van der Waals surface area contributed by atoms with Crippen molar-refractivity contribution in [1.82, 2.24) is 4.90 Å². The van der Waals surface area contributed by atoms with Crippen molar-refractivity contribution < 1.29 is 0 Å². The van der Waals surface area contributed by atoms with E-state index < -0.39 is 0 Å². The first-order valence-electron chi connectivity index (χ1n) is 5.99. The Morgan fingerprint density at radius 2 is 2.05 bits per heavy atom. The fraction of sp³-hybridized carbons (Fsp3) is 0.286. The SMILES string of the molecule is CN(Cc1cc(Br)cs1)C(CN)c1ccccc1Br. The van der Waals surface area contributed by atoms with Gasteiger partial charge in [0.15, 0.2) is 0 Å². The molecule has 2 nitrogen and oxygen atoms in total. The molecular weight excluding hydrogens is 388 g/mol. The van der Waals surface area contributed by atoms with Gasteiger partial charge in [-0.05, 0) is 40.7 Å². The van der Waals surface area contributed by atoms with Crippen LogP contribution in [0.4, 0.5) is 0 Å². The predicted octanol–water partition coefficient (Wildman–Crippen LogP) is 4.40. The quantitative estimate of drug-likeness (QED) is 0.801. The van der Waals surface area contributed by atoms with Gasteiger partial charge in [-0.1, -0.05) is 34.1 Å². The fourth-order valence-electron chi connectivity index (χ4n) is 2.08. The van der Waals surface area contributed by atoms with E-state index in [1.807, 2.05) is 6.07 Å². The topological polar surface area (TPSA) is 29.3 Å². The van der Waals surface area contributed by atoms with Crippen molar-refractivity contribution in [2.45, 2.75) is 12.6 Å². The first-order valence-corrected chi connectivity index (χ1v) is 8.46. The molecule has 1 aromatic carbocycles. The highest BCUT2D eigenvalue weighted by molar-refractivity contribution is 9.10. The van der Waals surface area contributed by atoms with E-state index in [0.29, 0.717) is 6.54 Å². The van der Waals surface area contributed by atoms with Crippen molar-refractivity contribution in [1.29, 1.82) is 0 Å². The van der Waals surface area contributed by atoms with Gasteiger partial charge in [0, 0.05) is 38.3 Å². The predicted molar refractivity (Wildman–Crippen MR) is 89.4 cm³/mol. The summed E-state index contributed by atoms with van der Waals surface area (Å²) in [5, 5.41) is 2.11. The molecule has 1 aromatic heterocycles. The van der Waals surface area contributed by atoms with Crippen LogP contribution in [0.1, 0.15) is 16.5 Å². The van der Waals surface area contributed by atoms with Gasteiger partial charge in [0.25, 0.3) is 0 Å². The van der Waals surface area contributed by atoms with Crippen LogP contribution in [-0.2, 0) is 6.54 Å². The number of nitrogens with two attached hydrogens (primary N) is 1. The van der Waals surface area contributed by atoms with E-state index in [1.165, 1.54) is 10.4 Å². The van der Waals surface area contributed by atoms with E-state index in [0.717, 1.165) is 15.5 Å². The van der Waals surface area contributed by atoms with Gasteiger partial charge in [-0.2, -0.15) is 0 Å². The van der Waals surface area contributed by atoms with Gasteiger partial charge in [-0.15, -0.1) is 11.3 Å². The summed E-state index contributed by atoms with van der Waals surface area (Å²) < 4.78 is 2.26. The number of thiophene rings is 1. The summed E-state index contributed by atoms with van der Waals surface area (Å²) in [7, 11) is 2.12. The Morgan fingerprint density at radius 3 is 2.63 bits per heavy atom. The van der Waals surface area contributed by atoms with Crippen molar-refractivity contribution in [3.8, 4) is 0 Å². The molecule has 0 bridgehead atoms. The van der Waals surface area contributed by atoms with Crippen molar-refractivity contribution in [3.63, 3.8) is 0 Å². The van der Waals surface area contributed by atoms with Crippen LogP contribution in [0.2, 0.25) is 0 Å². The molecule has 102 valence electrons. The van der Waals surface area contributed by atoms with E-state index in [-0.39, 0.29) is 6.04 Å². The zero-order valence-corrected chi connectivity index (χ0v) is 14.6. The fourth-order valence-corrected chi connectivity index (χ4v) is 4.14. The van der Waals surface area contributed by atoms with E-state index >= 15 is 0 Å². The first-order chi connectivity index (χ1) is 9.11. The lowest BCUT2D eigenvalue weighted by Gasteiger charge is -2.27. The number of hydrogen-bond acceptors (Lipinski definition) is 3. The van der Waals surface area contributed by atoms with E-state index in [2.05, 4.69) is 73.5 Å². The maximum absolute atomic E-state index is 5.97. The molecule has 1 heterocycles. The van der Waals surface area contributed by atoms with E-state index in [9.17, 15) is 0 Å². The van der Waals surface area contributed by atoms with Gasteiger partial charge in [0.05, 0.1) is 0 Å². The summed E-state index contributed by atoms with van der Waals surface area (Å²) in [5.74, 6) is 0. The lowest BCUT2D eigenvalue weighted by molar-refractivity contribution is 0.243. The molecule has 0 aliphatic rings. The molecule has 0 fully saturated rings. The van der Waals surface area contributed by atoms with Crippen molar-refractivity contribution >= 4 is 43.2 Å². The molecule has 1 unspecified atom stereocenters. The Balaban J connectivity index is 2.15. The minimum atomic E-state index is 0.219. The second-order valence-corrected chi connectivity index (χ2v) is 7.19. The number of likely N-dealkylation sites (N-methyl/N-ethyl adjacent to an activating group) is 1. The number of nitrogens with zero attached hydrogens (tertiary/aromatic N) is 1. The van der Waals surface area contributed by atoms with Crippen LogP contribution >= 0.6 is 43.2 Å².